The van der Waals surface area contributed by atoms with E-state index >= 15 is 0 Å². The lowest BCUT2D eigenvalue weighted by Gasteiger charge is -2.39. The zero-order valence-corrected chi connectivity index (χ0v) is 20.9. The van der Waals surface area contributed by atoms with Crippen LogP contribution in [0.4, 0.5) is 23.6 Å². The Labute approximate surface area is 214 Å². The molecule has 0 radical (unpaired) electrons. The number of aromatic nitrogens is 2. The van der Waals surface area contributed by atoms with Crippen molar-refractivity contribution in [1.82, 2.24) is 14.9 Å². The van der Waals surface area contributed by atoms with Crippen LogP contribution in [0, 0.1) is 18.7 Å². The highest BCUT2D eigenvalue weighted by molar-refractivity contribution is 7.15. The standard InChI is InChI=1S/C26H24F4N4O2S/c1-14-4-3-11-34(24(35)22-23(37-15(2)32-22)16-5-8-18(27)9-6-16)20(14)13-31-25-33-19-12-17(26(28,29)30)7-10-21(19)36-25/h5-10,12,14,20H,3-4,11,13H2,1-2H3,(H,31,33). The minimum atomic E-state index is -4.47. The van der Waals surface area contributed by atoms with Gasteiger partial charge in [0.25, 0.3) is 11.9 Å². The Kier molecular flexibility index (Phi) is 6.65. The van der Waals surface area contributed by atoms with Gasteiger partial charge in [-0.15, -0.1) is 11.3 Å². The lowest BCUT2D eigenvalue weighted by atomic mass is 9.90. The number of nitrogens with one attached hydrogen (secondary N) is 1. The molecular formula is C26H24F4N4O2S. The van der Waals surface area contributed by atoms with E-state index in [-0.39, 0.29) is 40.8 Å². The number of oxazole rings is 1. The molecule has 1 fully saturated rings. The molecule has 0 aliphatic carbocycles. The van der Waals surface area contributed by atoms with E-state index in [0.717, 1.165) is 35.5 Å². The number of thiazole rings is 1. The summed E-state index contributed by atoms with van der Waals surface area (Å²) in [5.74, 6) is -0.419. The number of alkyl halides is 3. The largest absolute Gasteiger partial charge is 0.424 e. The van der Waals surface area contributed by atoms with E-state index in [2.05, 4.69) is 22.2 Å². The predicted molar refractivity (Wildman–Crippen MR) is 133 cm³/mol. The van der Waals surface area contributed by atoms with Crippen molar-refractivity contribution in [2.24, 2.45) is 5.92 Å². The van der Waals surface area contributed by atoms with Crippen LogP contribution < -0.4 is 5.32 Å². The van der Waals surface area contributed by atoms with Crippen molar-refractivity contribution in [3.8, 4) is 10.4 Å². The maximum Gasteiger partial charge on any atom is 0.416 e. The summed E-state index contributed by atoms with van der Waals surface area (Å²) in [4.78, 5) is 24.9. The maximum atomic E-state index is 13.7. The van der Waals surface area contributed by atoms with Gasteiger partial charge in [0.1, 0.15) is 17.0 Å². The molecule has 0 bridgehead atoms. The van der Waals surface area contributed by atoms with Crippen LogP contribution in [0.1, 0.15) is 40.8 Å². The molecule has 1 N–H and O–H groups in total. The Bertz CT molecular complexity index is 1430. The SMILES string of the molecule is Cc1nc(C(=O)N2CCCC(C)C2CNc2nc3cc(C(F)(F)F)ccc3o2)c(-c2ccc(F)cc2)s1. The molecule has 0 spiro atoms. The predicted octanol–water partition coefficient (Wildman–Crippen LogP) is 6.77. The summed E-state index contributed by atoms with van der Waals surface area (Å²) in [5, 5.41) is 3.80. The lowest BCUT2D eigenvalue weighted by molar-refractivity contribution is -0.137. The molecule has 37 heavy (non-hydrogen) atoms. The van der Waals surface area contributed by atoms with Gasteiger partial charge < -0.3 is 14.6 Å². The molecule has 1 saturated heterocycles. The van der Waals surface area contributed by atoms with E-state index in [0.29, 0.717) is 23.7 Å². The van der Waals surface area contributed by atoms with Crippen molar-refractivity contribution < 1.29 is 26.8 Å². The van der Waals surface area contributed by atoms with Crippen LogP contribution in [0.5, 0.6) is 0 Å². The molecule has 0 saturated carbocycles. The molecule has 1 aliphatic rings. The van der Waals surface area contributed by atoms with E-state index in [4.69, 9.17) is 4.42 Å². The molecule has 3 heterocycles. The van der Waals surface area contributed by atoms with Gasteiger partial charge in [0, 0.05) is 13.1 Å². The number of piperidine rings is 1. The molecule has 2 aromatic heterocycles. The van der Waals surface area contributed by atoms with Crippen LogP contribution in [-0.4, -0.2) is 39.9 Å². The van der Waals surface area contributed by atoms with Crippen LogP contribution in [0.15, 0.2) is 46.9 Å². The second kappa shape index (κ2) is 9.77. The quantitative estimate of drug-likeness (QED) is 0.287. The molecule has 11 heteroatoms. The number of benzene rings is 2. The fourth-order valence-electron chi connectivity index (χ4n) is 4.69. The maximum absolute atomic E-state index is 13.7. The summed E-state index contributed by atoms with van der Waals surface area (Å²) < 4.78 is 58.2. The van der Waals surface area contributed by atoms with E-state index in [1.807, 2.05) is 6.92 Å². The Morgan fingerprint density at radius 3 is 2.68 bits per heavy atom. The van der Waals surface area contributed by atoms with Gasteiger partial charge in [-0.2, -0.15) is 18.2 Å². The van der Waals surface area contributed by atoms with Gasteiger partial charge >= 0.3 is 6.18 Å². The average Bonchev–Trinajstić information content (AvgIpc) is 3.45. The molecule has 5 rings (SSSR count). The first-order chi connectivity index (χ1) is 17.6. The van der Waals surface area contributed by atoms with Gasteiger partial charge in [0.2, 0.25) is 0 Å². The molecule has 6 nitrogen and oxygen atoms in total. The Hall–Kier alpha value is -3.47. The van der Waals surface area contributed by atoms with E-state index in [1.54, 1.807) is 17.0 Å². The van der Waals surface area contributed by atoms with Crippen molar-refractivity contribution in [1.29, 1.82) is 0 Å². The first-order valence-corrected chi connectivity index (χ1v) is 12.7. The number of carbonyl (C=O) groups is 1. The third-order valence-corrected chi connectivity index (χ3v) is 7.62. The minimum Gasteiger partial charge on any atom is -0.424 e. The molecule has 2 unspecified atom stereocenters. The summed E-state index contributed by atoms with van der Waals surface area (Å²) in [5.41, 5.74) is 0.591. The summed E-state index contributed by atoms with van der Waals surface area (Å²) in [6.45, 7) is 4.72. The van der Waals surface area contributed by atoms with Gasteiger partial charge in [-0.25, -0.2) is 9.37 Å². The number of rotatable bonds is 5. The molecule has 2 atom stereocenters. The smallest absolute Gasteiger partial charge is 0.416 e. The van der Waals surface area contributed by atoms with Crippen LogP contribution in [0.3, 0.4) is 0 Å². The van der Waals surface area contributed by atoms with Crippen LogP contribution in [0.2, 0.25) is 0 Å². The fourth-order valence-corrected chi connectivity index (χ4v) is 5.60. The molecule has 1 amide bonds. The number of likely N-dealkylation sites (tertiary alicyclic amines) is 1. The Morgan fingerprint density at radius 1 is 1.19 bits per heavy atom. The van der Waals surface area contributed by atoms with Crippen LogP contribution >= 0.6 is 11.3 Å². The Balaban J connectivity index is 1.37. The molecule has 194 valence electrons. The van der Waals surface area contributed by atoms with Crippen LogP contribution in [0.25, 0.3) is 21.5 Å². The summed E-state index contributed by atoms with van der Waals surface area (Å²) >= 11 is 1.38. The number of hydrogen-bond donors (Lipinski definition) is 1. The van der Waals surface area contributed by atoms with E-state index in [1.165, 1.54) is 29.5 Å². The second-order valence-electron chi connectivity index (χ2n) is 9.18. The summed E-state index contributed by atoms with van der Waals surface area (Å²) in [6, 6.07) is 9.00. The number of anilines is 1. The van der Waals surface area contributed by atoms with Gasteiger partial charge in [0.15, 0.2) is 5.58 Å². The van der Waals surface area contributed by atoms with Crippen molar-refractivity contribution >= 4 is 34.4 Å². The number of fused-ring (bicyclic) bond motifs is 1. The average molecular weight is 533 g/mol. The summed E-state index contributed by atoms with van der Waals surface area (Å²) in [7, 11) is 0. The highest BCUT2D eigenvalue weighted by Crippen LogP contribution is 2.34. The molecule has 1 aliphatic heterocycles. The van der Waals surface area contributed by atoms with E-state index in [9.17, 15) is 22.4 Å². The third kappa shape index (κ3) is 5.18. The van der Waals surface area contributed by atoms with Gasteiger partial charge in [-0.3, -0.25) is 4.79 Å². The third-order valence-electron chi connectivity index (χ3n) is 6.60. The van der Waals surface area contributed by atoms with E-state index < -0.39 is 11.7 Å². The number of amides is 1. The number of nitrogens with zero attached hydrogens (tertiary/aromatic N) is 3. The van der Waals surface area contributed by atoms with Crippen molar-refractivity contribution in [3.05, 3.63) is 64.5 Å². The number of hydrogen-bond acceptors (Lipinski definition) is 6. The minimum absolute atomic E-state index is 0.0935. The first-order valence-electron chi connectivity index (χ1n) is 11.9. The number of carbonyl (C=O) groups excluding carboxylic acids is 1. The first kappa shape index (κ1) is 25.2. The second-order valence-corrected chi connectivity index (χ2v) is 10.4. The van der Waals surface area contributed by atoms with Crippen LogP contribution in [-0.2, 0) is 6.18 Å². The lowest BCUT2D eigenvalue weighted by Crippen LogP contribution is -2.51. The topological polar surface area (TPSA) is 71.3 Å². The normalized spacial score (nSPS) is 18.4. The van der Waals surface area contributed by atoms with Gasteiger partial charge in [-0.05, 0) is 61.6 Å². The zero-order chi connectivity index (χ0) is 26.3. The van der Waals surface area contributed by atoms with Crippen molar-refractivity contribution in [3.63, 3.8) is 0 Å². The van der Waals surface area contributed by atoms with Gasteiger partial charge in [0.05, 0.1) is 21.5 Å². The molecule has 4 aromatic rings. The zero-order valence-electron chi connectivity index (χ0n) is 20.1. The molecule has 2 aromatic carbocycles. The van der Waals surface area contributed by atoms with Crippen molar-refractivity contribution in [2.75, 3.05) is 18.4 Å². The highest BCUT2D eigenvalue weighted by atomic mass is 32.1. The Morgan fingerprint density at radius 2 is 1.95 bits per heavy atom. The number of halogens is 4. The highest BCUT2D eigenvalue weighted by Gasteiger charge is 2.35. The van der Waals surface area contributed by atoms with Gasteiger partial charge in [-0.1, -0.05) is 19.1 Å². The fraction of sp³-hybridized carbons (Fsp3) is 0.346. The monoisotopic (exact) mass is 532 g/mol. The molecular weight excluding hydrogens is 508 g/mol. The summed E-state index contributed by atoms with van der Waals surface area (Å²) in [6.07, 6.45) is -2.72. The van der Waals surface area contributed by atoms with Crippen molar-refractivity contribution in [2.45, 2.75) is 38.9 Å². The number of aryl methyl sites for hydroxylation is 1.